The minimum atomic E-state index is -0.184. The first-order chi connectivity index (χ1) is 9.06. The molecule has 1 aromatic rings. The van der Waals surface area contributed by atoms with Crippen molar-refractivity contribution < 1.29 is 9.59 Å². The molecule has 1 saturated heterocycles. The zero-order valence-corrected chi connectivity index (χ0v) is 12.0. The molecular weight excluding hydrogens is 288 g/mol. The summed E-state index contributed by atoms with van der Waals surface area (Å²) in [6, 6.07) is -0.184. The summed E-state index contributed by atoms with van der Waals surface area (Å²) in [6.07, 6.45) is 1.79. The van der Waals surface area contributed by atoms with Crippen molar-refractivity contribution in [2.24, 2.45) is 0 Å². The number of aromatic nitrogens is 1. The van der Waals surface area contributed by atoms with E-state index in [9.17, 15) is 9.59 Å². The first-order valence-electron chi connectivity index (χ1n) is 6.00. The number of nitrogens with zero attached hydrogens (tertiary/aromatic N) is 1. The van der Waals surface area contributed by atoms with Gasteiger partial charge in [-0.1, -0.05) is 22.9 Å². The average Bonchev–Trinajstić information content (AvgIpc) is 2.67. The lowest BCUT2D eigenvalue weighted by molar-refractivity contribution is -0.124. The third-order valence-electron chi connectivity index (χ3n) is 2.73. The Morgan fingerprint density at radius 3 is 3.11 bits per heavy atom. The molecule has 1 fully saturated rings. The first kappa shape index (κ1) is 14.2. The quantitative estimate of drug-likeness (QED) is 0.778. The lowest BCUT2D eigenvalue weighted by Crippen LogP contribution is -2.47. The number of hydrogen-bond donors (Lipinski definition) is 3. The van der Waals surface area contributed by atoms with Gasteiger partial charge in [0.15, 0.2) is 5.13 Å². The number of piperidine rings is 1. The van der Waals surface area contributed by atoms with E-state index in [1.165, 1.54) is 18.3 Å². The Labute approximate surface area is 119 Å². The molecule has 2 amide bonds. The van der Waals surface area contributed by atoms with E-state index in [4.69, 9.17) is 11.6 Å². The molecule has 0 aromatic carbocycles. The summed E-state index contributed by atoms with van der Waals surface area (Å²) in [5.74, 6) is -0.162. The van der Waals surface area contributed by atoms with Crippen molar-refractivity contribution in [2.75, 3.05) is 11.9 Å². The van der Waals surface area contributed by atoms with Gasteiger partial charge in [-0.3, -0.25) is 9.59 Å². The van der Waals surface area contributed by atoms with E-state index in [-0.39, 0.29) is 17.9 Å². The number of thiazole rings is 1. The Hall–Kier alpha value is -1.18. The Morgan fingerprint density at radius 1 is 1.63 bits per heavy atom. The largest absolute Gasteiger partial charge is 0.355 e. The summed E-state index contributed by atoms with van der Waals surface area (Å²) in [6.45, 7) is 2.62. The molecule has 8 heteroatoms. The second-order valence-corrected chi connectivity index (χ2v) is 5.72. The highest BCUT2D eigenvalue weighted by atomic mass is 35.5. The summed E-state index contributed by atoms with van der Waals surface area (Å²) >= 11 is 7.30. The highest BCUT2D eigenvalue weighted by Gasteiger charge is 2.22. The van der Waals surface area contributed by atoms with Gasteiger partial charge in [0, 0.05) is 20.0 Å². The number of amides is 2. The molecule has 1 aromatic heterocycles. The Bertz CT molecular complexity index is 491. The lowest BCUT2D eigenvalue weighted by Gasteiger charge is -2.22. The second-order valence-electron chi connectivity index (χ2n) is 4.28. The minimum Gasteiger partial charge on any atom is -0.355 e. The van der Waals surface area contributed by atoms with Crippen molar-refractivity contribution in [3.05, 3.63) is 10.0 Å². The summed E-state index contributed by atoms with van der Waals surface area (Å²) in [5, 5.41) is 9.39. The third-order valence-corrected chi connectivity index (χ3v) is 4.12. The maximum atomic E-state index is 11.6. The van der Waals surface area contributed by atoms with E-state index in [1.54, 1.807) is 0 Å². The standard InChI is InChI=1S/C11H15ClN4O2S/c1-6(17)15-11-16-9(12)8(19-11)5-14-7-3-2-4-13-10(7)18/h7,14H,2-5H2,1H3,(H,13,18)(H,15,16,17). The molecule has 0 spiro atoms. The maximum absolute atomic E-state index is 11.6. The predicted octanol–water partition coefficient (Wildman–Crippen LogP) is 1.12. The van der Waals surface area contributed by atoms with Crippen molar-refractivity contribution in [2.45, 2.75) is 32.4 Å². The number of carbonyl (C=O) groups is 2. The van der Waals surface area contributed by atoms with Crippen LogP contribution in [0.2, 0.25) is 5.15 Å². The second kappa shape index (κ2) is 6.31. The molecule has 0 radical (unpaired) electrons. The monoisotopic (exact) mass is 302 g/mol. The van der Waals surface area contributed by atoms with Gasteiger partial charge in [0.1, 0.15) is 5.15 Å². The van der Waals surface area contributed by atoms with Gasteiger partial charge in [-0.05, 0) is 12.8 Å². The topological polar surface area (TPSA) is 83.1 Å². The van der Waals surface area contributed by atoms with Crippen molar-refractivity contribution in [3.8, 4) is 0 Å². The van der Waals surface area contributed by atoms with Gasteiger partial charge in [0.25, 0.3) is 0 Å². The number of rotatable bonds is 4. The minimum absolute atomic E-state index is 0.0222. The fraction of sp³-hybridized carbons (Fsp3) is 0.545. The molecule has 3 N–H and O–H groups in total. The van der Waals surface area contributed by atoms with E-state index in [0.717, 1.165) is 24.3 Å². The van der Waals surface area contributed by atoms with Gasteiger partial charge in [0.2, 0.25) is 11.8 Å². The van der Waals surface area contributed by atoms with Crippen LogP contribution >= 0.6 is 22.9 Å². The summed E-state index contributed by atoms with van der Waals surface area (Å²) in [7, 11) is 0. The first-order valence-corrected chi connectivity index (χ1v) is 7.19. The molecule has 104 valence electrons. The van der Waals surface area contributed by atoms with Gasteiger partial charge in [-0.2, -0.15) is 0 Å². The number of halogens is 1. The molecule has 1 aliphatic rings. The van der Waals surface area contributed by atoms with Crippen LogP contribution in [0.1, 0.15) is 24.6 Å². The van der Waals surface area contributed by atoms with E-state index in [2.05, 4.69) is 20.9 Å². The molecule has 0 bridgehead atoms. The normalized spacial score (nSPS) is 19.1. The molecule has 1 atom stereocenters. The highest BCUT2D eigenvalue weighted by molar-refractivity contribution is 7.16. The SMILES string of the molecule is CC(=O)Nc1nc(Cl)c(CNC2CCCNC2=O)s1. The Morgan fingerprint density at radius 2 is 2.42 bits per heavy atom. The summed E-state index contributed by atoms with van der Waals surface area (Å²) in [4.78, 5) is 27.4. The molecule has 2 heterocycles. The molecule has 6 nitrogen and oxygen atoms in total. The average molecular weight is 303 g/mol. The summed E-state index contributed by atoms with van der Waals surface area (Å²) < 4.78 is 0. The van der Waals surface area contributed by atoms with Gasteiger partial charge in [-0.25, -0.2) is 4.98 Å². The van der Waals surface area contributed by atoms with E-state index < -0.39 is 0 Å². The van der Waals surface area contributed by atoms with Crippen LogP contribution in [0, 0.1) is 0 Å². The number of hydrogen-bond acceptors (Lipinski definition) is 5. The predicted molar refractivity (Wildman–Crippen MR) is 74.3 cm³/mol. The van der Waals surface area contributed by atoms with Crippen molar-refractivity contribution in [3.63, 3.8) is 0 Å². The van der Waals surface area contributed by atoms with Crippen molar-refractivity contribution >= 4 is 39.9 Å². The van der Waals surface area contributed by atoms with Crippen LogP contribution in [0.3, 0.4) is 0 Å². The fourth-order valence-electron chi connectivity index (χ4n) is 1.83. The molecule has 0 saturated carbocycles. The van der Waals surface area contributed by atoms with Crippen LogP contribution in [0.25, 0.3) is 0 Å². The van der Waals surface area contributed by atoms with Crippen LogP contribution in [-0.4, -0.2) is 29.4 Å². The molecule has 19 heavy (non-hydrogen) atoms. The number of anilines is 1. The molecule has 2 rings (SSSR count). The maximum Gasteiger partial charge on any atom is 0.237 e. The number of carbonyl (C=O) groups excluding carboxylic acids is 2. The van der Waals surface area contributed by atoms with Gasteiger partial charge in [-0.15, -0.1) is 0 Å². The highest BCUT2D eigenvalue weighted by Crippen LogP contribution is 2.26. The van der Waals surface area contributed by atoms with Crippen LogP contribution < -0.4 is 16.0 Å². The lowest BCUT2D eigenvalue weighted by atomic mass is 10.1. The zero-order chi connectivity index (χ0) is 13.8. The fourth-order valence-corrected chi connectivity index (χ4v) is 3.00. The van der Waals surface area contributed by atoms with Crippen molar-refractivity contribution in [1.82, 2.24) is 15.6 Å². The number of nitrogens with one attached hydrogen (secondary N) is 3. The van der Waals surface area contributed by atoms with Crippen LogP contribution in [-0.2, 0) is 16.1 Å². The van der Waals surface area contributed by atoms with E-state index >= 15 is 0 Å². The van der Waals surface area contributed by atoms with Gasteiger partial charge >= 0.3 is 0 Å². The molecule has 1 aliphatic heterocycles. The van der Waals surface area contributed by atoms with Crippen LogP contribution in [0.4, 0.5) is 5.13 Å². The molecular formula is C11H15ClN4O2S. The van der Waals surface area contributed by atoms with E-state index in [1.807, 2.05) is 0 Å². The van der Waals surface area contributed by atoms with Crippen molar-refractivity contribution in [1.29, 1.82) is 0 Å². The van der Waals surface area contributed by atoms with Crippen LogP contribution in [0.15, 0.2) is 0 Å². The third kappa shape index (κ3) is 3.89. The van der Waals surface area contributed by atoms with E-state index in [0.29, 0.717) is 16.8 Å². The van der Waals surface area contributed by atoms with Gasteiger partial charge in [0.05, 0.1) is 10.9 Å². The van der Waals surface area contributed by atoms with Gasteiger partial charge < -0.3 is 16.0 Å². The van der Waals surface area contributed by atoms with Crippen LogP contribution in [0.5, 0.6) is 0 Å². The Kier molecular flexibility index (Phi) is 4.73. The zero-order valence-electron chi connectivity index (χ0n) is 10.5. The molecule has 0 aliphatic carbocycles. The Balaban J connectivity index is 1.93. The summed E-state index contributed by atoms with van der Waals surface area (Å²) in [5.41, 5.74) is 0. The smallest absolute Gasteiger partial charge is 0.237 e. The molecule has 1 unspecified atom stereocenters.